The minimum absolute atomic E-state index is 0.153. The van der Waals surface area contributed by atoms with Crippen LogP contribution in [0, 0.1) is 11.6 Å². The Labute approximate surface area is 148 Å². The lowest BCUT2D eigenvalue weighted by Crippen LogP contribution is -2.23. The fourth-order valence-corrected chi connectivity index (χ4v) is 3.63. The summed E-state index contributed by atoms with van der Waals surface area (Å²) in [5, 5.41) is 11.2. The summed E-state index contributed by atoms with van der Waals surface area (Å²) >= 11 is 1.30. The van der Waals surface area contributed by atoms with Gasteiger partial charge < -0.3 is 9.88 Å². The van der Waals surface area contributed by atoms with Crippen LogP contribution in [0.3, 0.4) is 0 Å². The van der Waals surface area contributed by atoms with Crippen LogP contribution in [-0.4, -0.2) is 25.9 Å². The number of anilines is 1. The van der Waals surface area contributed by atoms with Gasteiger partial charge in [-0.05, 0) is 44.7 Å². The lowest BCUT2D eigenvalue weighted by Gasteiger charge is -2.13. The van der Waals surface area contributed by atoms with Crippen LogP contribution in [0.1, 0.15) is 50.4 Å². The minimum atomic E-state index is -0.663. The van der Waals surface area contributed by atoms with Gasteiger partial charge in [-0.15, -0.1) is 10.2 Å². The Morgan fingerprint density at radius 2 is 2.04 bits per heavy atom. The van der Waals surface area contributed by atoms with Crippen LogP contribution in [0.5, 0.6) is 0 Å². The van der Waals surface area contributed by atoms with Crippen molar-refractivity contribution in [3.63, 3.8) is 0 Å². The van der Waals surface area contributed by atoms with Crippen molar-refractivity contribution < 1.29 is 13.6 Å². The van der Waals surface area contributed by atoms with Gasteiger partial charge in [0.05, 0.1) is 10.9 Å². The van der Waals surface area contributed by atoms with Crippen molar-refractivity contribution >= 4 is 23.4 Å². The summed E-state index contributed by atoms with van der Waals surface area (Å²) in [7, 11) is 0. The van der Waals surface area contributed by atoms with Crippen LogP contribution in [0.4, 0.5) is 14.5 Å². The van der Waals surface area contributed by atoms with Gasteiger partial charge in [0, 0.05) is 18.0 Å². The highest BCUT2D eigenvalue weighted by molar-refractivity contribution is 8.00. The first kappa shape index (κ1) is 16.5. The number of benzene rings is 1. The zero-order valence-electron chi connectivity index (χ0n) is 13.7. The second-order valence-electron chi connectivity index (χ2n) is 6.59. The summed E-state index contributed by atoms with van der Waals surface area (Å²) in [6, 6.07) is 3.42. The molecule has 8 heteroatoms. The molecule has 1 aromatic heterocycles. The molecule has 0 radical (unpaired) electrons. The van der Waals surface area contributed by atoms with Gasteiger partial charge in [-0.2, -0.15) is 0 Å². The molecule has 0 spiro atoms. The van der Waals surface area contributed by atoms with Gasteiger partial charge in [-0.3, -0.25) is 4.79 Å². The van der Waals surface area contributed by atoms with Crippen molar-refractivity contribution in [3.8, 4) is 0 Å². The van der Waals surface area contributed by atoms with E-state index in [4.69, 9.17) is 0 Å². The van der Waals surface area contributed by atoms with Gasteiger partial charge in [-0.1, -0.05) is 11.8 Å². The molecule has 25 heavy (non-hydrogen) atoms. The number of nitrogens with one attached hydrogen (secondary N) is 1. The largest absolute Gasteiger partial charge is 0.323 e. The SMILES string of the molecule is C[C@@H](Sc1nnc(C2CC2)n1C1CC1)C(=O)Nc1cc(F)ccc1F. The Morgan fingerprint density at radius 1 is 1.28 bits per heavy atom. The summed E-state index contributed by atoms with van der Waals surface area (Å²) in [5.74, 6) is -0.141. The van der Waals surface area contributed by atoms with Gasteiger partial charge in [-0.25, -0.2) is 8.78 Å². The Hall–Kier alpha value is -1.96. The second-order valence-corrected chi connectivity index (χ2v) is 7.90. The van der Waals surface area contributed by atoms with Crippen LogP contribution in [0.2, 0.25) is 0 Å². The highest BCUT2D eigenvalue weighted by atomic mass is 32.2. The molecule has 132 valence electrons. The third-order valence-electron chi connectivity index (χ3n) is 4.38. The molecule has 1 N–H and O–H groups in total. The standard InChI is InChI=1S/C17H18F2N4OS/c1-9(16(24)20-14-8-11(18)4-7-13(14)19)25-17-22-21-15(10-2-3-10)23(17)12-5-6-12/h4,7-10,12H,2-3,5-6H2,1H3,(H,20,24)/t9-/m1/s1. The van der Waals surface area contributed by atoms with E-state index in [9.17, 15) is 13.6 Å². The molecular weight excluding hydrogens is 346 g/mol. The molecule has 0 aliphatic heterocycles. The predicted molar refractivity (Wildman–Crippen MR) is 90.6 cm³/mol. The van der Waals surface area contributed by atoms with Crippen LogP contribution in [0.15, 0.2) is 23.4 Å². The third-order valence-corrected chi connectivity index (χ3v) is 5.44. The lowest BCUT2D eigenvalue weighted by molar-refractivity contribution is -0.115. The predicted octanol–water partition coefficient (Wildman–Crippen LogP) is 3.89. The molecule has 4 rings (SSSR count). The van der Waals surface area contributed by atoms with Crippen molar-refractivity contribution in [2.75, 3.05) is 5.32 Å². The second kappa shape index (κ2) is 6.40. The van der Waals surface area contributed by atoms with Crippen molar-refractivity contribution in [1.82, 2.24) is 14.8 Å². The fourth-order valence-electron chi connectivity index (χ4n) is 2.70. The molecule has 2 saturated carbocycles. The van der Waals surface area contributed by atoms with E-state index in [1.807, 2.05) is 0 Å². The summed E-state index contributed by atoms with van der Waals surface area (Å²) in [6.45, 7) is 1.72. The number of carbonyl (C=O) groups excluding carboxylic acids is 1. The quantitative estimate of drug-likeness (QED) is 0.790. The Bertz CT molecular complexity index is 817. The average Bonchev–Trinajstić information content (AvgIpc) is 3.50. The van der Waals surface area contributed by atoms with E-state index < -0.39 is 22.8 Å². The van der Waals surface area contributed by atoms with Gasteiger partial charge in [0.2, 0.25) is 5.91 Å². The molecule has 1 atom stereocenters. The first-order valence-electron chi connectivity index (χ1n) is 8.40. The fraction of sp³-hybridized carbons (Fsp3) is 0.471. The molecule has 1 amide bonds. The Morgan fingerprint density at radius 3 is 2.72 bits per heavy atom. The van der Waals surface area contributed by atoms with E-state index in [2.05, 4.69) is 20.1 Å². The summed E-state index contributed by atoms with van der Waals surface area (Å²) in [4.78, 5) is 12.4. The molecule has 2 aliphatic rings. The average molecular weight is 364 g/mol. The molecule has 0 saturated heterocycles. The van der Waals surface area contributed by atoms with E-state index in [1.54, 1.807) is 6.92 Å². The molecule has 0 bridgehead atoms. The van der Waals surface area contributed by atoms with Crippen molar-refractivity contribution in [3.05, 3.63) is 35.7 Å². The Kier molecular flexibility index (Phi) is 4.23. The Balaban J connectivity index is 1.47. The highest BCUT2D eigenvalue weighted by Gasteiger charge is 2.37. The molecule has 2 fully saturated rings. The van der Waals surface area contributed by atoms with E-state index in [1.165, 1.54) is 11.8 Å². The molecule has 1 aromatic carbocycles. The van der Waals surface area contributed by atoms with E-state index >= 15 is 0 Å². The highest BCUT2D eigenvalue weighted by Crippen LogP contribution is 2.46. The van der Waals surface area contributed by atoms with Crippen molar-refractivity contribution in [2.24, 2.45) is 0 Å². The third kappa shape index (κ3) is 3.53. The number of nitrogens with zero attached hydrogens (tertiary/aromatic N) is 3. The number of halogens is 2. The zero-order valence-corrected chi connectivity index (χ0v) is 14.5. The molecule has 2 aromatic rings. The summed E-state index contributed by atoms with van der Waals surface area (Å²) in [6.07, 6.45) is 4.51. The number of hydrogen-bond donors (Lipinski definition) is 1. The zero-order chi connectivity index (χ0) is 17.6. The molecule has 0 unspecified atom stereocenters. The van der Waals surface area contributed by atoms with Gasteiger partial charge in [0.25, 0.3) is 0 Å². The normalized spacial score (nSPS) is 18.2. The van der Waals surface area contributed by atoms with Gasteiger partial charge >= 0.3 is 0 Å². The van der Waals surface area contributed by atoms with Gasteiger partial charge in [0.1, 0.15) is 17.5 Å². The molecule has 2 aliphatic carbocycles. The van der Waals surface area contributed by atoms with Crippen molar-refractivity contribution in [1.29, 1.82) is 0 Å². The molecular formula is C17H18F2N4OS. The number of thioether (sulfide) groups is 1. The van der Waals surface area contributed by atoms with Crippen LogP contribution in [0.25, 0.3) is 0 Å². The number of rotatable bonds is 6. The van der Waals surface area contributed by atoms with E-state index in [0.717, 1.165) is 54.9 Å². The maximum Gasteiger partial charge on any atom is 0.237 e. The van der Waals surface area contributed by atoms with Crippen LogP contribution >= 0.6 is 11.8 Å². The topological polar surface area (TPSA) is 59.8 Å². The number of aromatic nitrogens is 3. The van der Waals surface area contributed by atoms with Crippen LogP contribution in [-0.2, 0) is 4.79 Å². The monoisotopic (exact) mass is 364 g/mol. The van der Waals surface area contributed by atoms with Crippen molar-refractivity contribution in [2.45, 2.75) is 55.0 Å². The maximum absolute atomic E-state index is 13.7. The number of carbonyl (C=O) groups is 1. The number of hydrogen-bond acceptors (Lipinski definition) is 4. The first-order chi connectivity index (χ1) is 12.0. The van der Waals surface area contributed by atoms with Gasteiger partial charge in [0.15, 0.2) is 5.16 Å². The minimum Gasteiger partial charge on any atom is -0.323 e. The molecule has 5 nitrogen and oxygen atoms in total. The first-order valence-corrected chi connectivity index (χ1v) is 9.28. The maximum atomic E-state index is 13.7. The summed E-state index contributed by atoms with van der Waals surface area (Å²) < 4.78 is 29.1. The smallest absolute Gasteiger partial charge is 0.237 e. The van der Waals surface area contributed by atoms with E-state index in [-0.39, 0.29) is 5.69 Å². The lowest BCUT2D eigenvalue weighted by atomic mass is 10.3. The van der Waals surface area contributed by atoms with E-state index in [0.29, 0.717) is 12.0 Å². The molecule has 1 heterocycles. The van der Waals surface area contributed by atoms with Crippen LogP contribution < -0.4 is 5.32 Å². The number of amides is 1. The summed E-state index contributed by atoms with van der Waals surface area (Å²) in [5.41, 5.74) is -0.153.